The second-order valence-corrected chi connectivity index (χ2v) is 9.95. The van der Waals surface area contributed by atoms with Gasteiger partial charge in [-0.2, -0.15) is 5.26 Å². The molecule has 5 rings (SSSR count). The Balaban J connectivity index is 1.45. The Bertz CT molecular complexity index is 1820. The highest BCUT2D eigenvalue weighted by molar-refractivity contribution is 5.92. The van der Waals surface area contributed by atoms with Gasteiger partial charge in [-0.15, -0.1) is 0 Å². The number of nitrogens with two attached hydrogens (primary N) is 1. The number of esters is 1. The molecule has 10 nitrogen and oxygen atoms in total. The number of halogens is 1. The molecule has 0 radical (unpaired) electrons. The van der Waals surface area contributed by atoms with E-state index < -0.39 is 11.9 Å². The molecule has 0 bridgehead atoms. The predicted molar refractivity (Wildman–Crippen MR) is 165 cm³/mol. The summed E-state index contributed by atoms with van der Waals surface area (Å²) in [5.41, 5.74) is 8.26. The lowest BCUT2D eigenvalue weighted by Crippen LogP contribution is -2.21. The summed E-state index contributed by atoms with van der Waals surface area (Å²) in [4.78, 5) is 13.1. The molecule has 2 N–H and O–H groups in total. The van der Waals surface area contributed by atoms with Crippen molar-refractivity contribution in [3.8, 4) is 46.3 Å². The van der Waals surface area contributed by atoms with Gasteiger partial charge in [0.2, 0.25) is 11.6 Å². The fourth-order valence-electron chi connectivity index (χ4n) is 5.07. The molecule has 4 aromatic carbocycles. The Morgan fingerprint density at radius 3 is 2.30 bits per heavy atom. The van der Waals surface area contributed by atoms with Crippen LogP contribution >= 0.6 is 0 Å². The van der Waals surface area contributed by atoms with Crippen molar-refractivity contribution in [3.63, 3.8) is 0 Å². The number of methoxy groups -OCH3 is 3. The molecule has 1 aliphatic heterocycles. The number of hydrogen-bond donors (Lipinski definition) is 1. The highest BCUT2D eigenvalue weighted by atomic mass is 19.1. The monoisotopic (exact) mass is 626 g/mol. The molecule has 4 aromatic rings. The number of carbonyl (C=O) groups is 1. The van der Waals surface area contributed by atoms with E-state index in [0.29, 0.717) is 57.8 Å². The van der Waals surface area contributed by atoms with Gasteiger partial charge >= 0.3 is 5.97 Å². The van der Waals surface area contributed by atoms with Gasteiger partial charge < -0.3 is 38.9 Å². The number of carbonyl (C=O) groups excluding carboxylic acids is 1. The number of rotatable bonds is 11. The number of ether oxygens (including phenoxy) is 7. The summed E-state index contributed by atoms with van der Waals surface area (Å²) in [6, 6.07) is 21.5. The Hall–Kier alpha value is -5.89. The lowest BCUT2D eigenvalue weighted by molar-refractivity contribution is 0.0733. The minimum atomic E-state index is -0.680. The van der Waals surface area contributed by atoms with Crippen molar-refractivity contribution in [2.24, 2.45) is 5.73 Å². The van der Waals surface area contributed by atoms with E-state index in [1.54, 1.807) is 48.5 Å². The molecule has 0 amide bonds. The molecule has 1 aliphatic rings. The number of nitrogens with zero attached hydrogens (tertiary/aromatic N) is 1. The molecule has 46 heavy (non-hydrogen) atoms. The second-order valence-electron chi connectivity index (χ2n) is 9.95. The smallest absolute Gasteiger partial charge is 0.343 e. The number of hydrogen-bond acceptors (Lipinski definition) is 10. The molecule has 0 aliphatic carbocycles. The number of fused-ring (bicyclic) bond motifs is 1. The van der Waals surface area contributed by atoms with E-state index in [1.807, 2.05) is 6.92 Å². The molecule has 1 atom stereocenters. The summed E-state index contributed by atoms with van der Waals surface area (Å²) < 4.78 is 53.4. The van der Waals surface area contributed by atoms with Crippen LogP contribution < -0.4 is 38.9 Å². The van der Waals surface area contributed by atoms with Crippen molar-refractivity contribution in [1.82, 2.24) is 0 Å². The molecule has 11 heteroatoms. The minimum Gasteiger partial charge on any atom is -0.493 e. The van der Waals surface area contributed by atoms with Crippen LogP contribution in [-0.2, 0) is 6.61 Å². The third kappa shape index (κ3) is 6.32. The van der Waals surface area contributed by atoms with E-state index in [-0.39, 0.29) is 35.2 Å². The summed E-state index contributed by atoms with van der Waals surface area (Å²) in [5.74, 6) is 0.447. The van der Waals surface area contributed by atoms with Crippen LogP contribution in [0.1, 0.15) is 39.9 Å². The molecule has 0 fully saturated rings. The maximum atomic E-state index is 14.2. The van der Waals surface area contributed by atoms with Crippen LogP contribution in [0.25, 0.3) is 0 Å². The van der Waals surface area contributed by atoms with Crippen LogP contribution in [-0.4, -0.2) is 33.9 Å². The van der Waals surface area contributed by atoms with Crippen LogP contribution in [0.2, 0.25) is 0 Å². The van der Waals surface area contributed by atoms with Gasteiger partial charge in [-0.3, -0.25) is 0 Å². The van der Waals surface area contributed by atoms with Crippen molar-refractivity contribution < 1.29 is 42.3 Å². The van der Waals surface area contributed by atoms with Gasteiger partial charge in [0.1, 0.15) is 35.6 Å². The Kier molecular flexibility index (Phi) is 9.47. The van der Waals surface area contributed by atoms with Crippen LogP contribution in [0.5, 0.6) is 40.2 Å². The first-order chi connectivity index (χ1) is 22.3. The zero-order valence-electron chi connectivity index (χ0n) is 25.6. The van der Waals surface area contributed by atoms with Crippen LogP contribution in [0, 0.1) is 17.1 Å². The van der Waals surface area contributed by atoms with Crippen LogP contribution in [0.3, 0.4) is 0 Å². The first kappa shape index (κ1) is 31.5. The Morgan fingerprint density at radius 2 is 1.65 bits per heavy atom. The third-order valence-corrected chi connectivity index (χ3v) is 7.24. The SMILES string of the molecule is CCOc1cc(C2C(C#N)=C(N)Oc3cc(OC(=O)c4cc(OC)c(OC)c(OC)c4)ccc32)ccc1OCc1ccccc1F. The van der Waals surface area contributed by atoms with Gasteiger partial charge in [0.25, 0.3) is 0 Å². The van der Waals surface area contributed by atoms with Crippen LogP contribution in [0.4, 0.5) is 4.39 Å². The van der Waals surface area contributed by atoms with Crippen molar-refractivity contribution in [2.75, 3.05) is 27.9 Å². The molecular weight excluding hydrogens is 595 g/mol. The number of benzene rings is 4. The van der Waals surface area contributed by atoms with Gasteiger partial charge in [0.15, 0.2) is 23.0 Å². The van der Waals surface area contributed by atoms with Gasteiger partial charge in [-0.1, -0.05) is 30.3 Å². The Morgan fingerprint density at radius 1 is 0.913 bits per heavy atom. The van der Waals surface area contributed by atoms with E-state index in [4.69, 9.17) is 38.9 Å². The summed E-state index contributed by atoms with van der Waals surface area (Å²) in [6.07, 6.45) is 0. The zero-order chi connectivity index (χ0) is 32.8. The van der Waals surface area contributed by atoms with E-state index >= 15 is 0 Å². The molecule has 1 unspecified atom stereocenters. The van der Waals surface area contributed by atoms with Crippen LogP contribution in [0.15, 0.2) is 84.3 Å². The van der Waals surface area contributed by atoms with Gasteiger partial charge in [-0.05, 0) is 48.9 Å². The molecular formula is C35H31FN2O8. The lowest BCUT2D eigenvalue weighted by atomic mass is 9.83. The third-order valence-electron chi connectivity index (χ3n) is 7.24. The number of nitriles is 1. The minimum absolute atomic E-state index is 0.0000772. The molecule has 0 saturated carbocycles. The number of allylic oxidation sites excluding steroid dienone is 1. The highest BCUT2D eigenvalue weighted by Crippen LogP contribution is 2.45. The predicted octanol–water partition coefficient (Wildman–Crippen LogP) is 6.27. The standard InChI is InChI=1S/C35H31FN2O8/c1-5-43-29-14-20(10-13-27(29)44-19-21-8-6-7-9-26(21)36)32-24-12-11-23(17-28(24)46-34(38)25(32)18-37)45-35(39)22-15-30(40-2)33(42-4)31(16-22)41-3/h6-17,32H,5,19,38H2,1-4H3. The summed E-state index contributed by atoms with van der Waals surface area (Å²) >= 11 is 0. The van der Waals surface area contributed by atoms with E-state index in [9.17, 15) is 14.4 Å². The molecule has 0 aromatic heterocycles. The van der Waals surface area contributed by atoms with E-state index in [0.717, 1.165) is 0 Å². The fourth-order valence-corrected chi connectivity index (χ4v) is 5.07. The van der Waals surface area contributed by atoms with Crippen molar-refractivity contribution in [3.05, 3.63) is 112 Å². The summed E-state index contributed by atoms with van der Waals surface area (Å²) in [5, 5.41) is 10.0. The largest absolute Gasteiger partial charge is 0.493 e. The maximum absolute atomic E-state index is 14.2. The first-order valence-corrected chi connectivity index (χ1v) is 14.2. The topological polar surface area (TPSA) is 131 Å². The van der Waals surface area contributed by atoms with E-state index in [1.165, 1.54) is 45.6 Å². The fraction of sp³-hybridized carbons (Fsp3) is 0.200. The van der Waals surface area contributed by atoms with Gasteiger partial charge in [-0.25, -0.2) is 9.18 Å². The molecule has 0 saturated heterocycles. The summed E-state index contributed by atoms with van der Waals surface area (Å²) in [6.45, 7) is 2.17. The maximum Gasteiger partial charge on any atom is 0.343 e. The van der Waals surface area contributed by atoms with Crippen molar-refractivity contribution in [2.45, 2.75) is 19.4 Å². The Labute approximate surface area is 265 Å². The van der Waals surface area contributed by atoms with Crippen molar-refractivity contribution >= 4 is 5.97 Å². The molecule has 0 spiro atoms. The van der Waals surface area contributed by atoms with E-state index in [2.05, 4.69) is 6.07 Å². The lowest BCUT2D eigenvalue weighted by Gasteiger charge is -2.27. The zero-order valence-corrected chi connectivity index (χ0v) is 25.6. The van der Waals surface area contributed by atoms with Crippen molar-refractivity contribution in [1.29, 1.82) is 5.26 Å². The normalized spacial score (nSPS) is 13.5. The quantitative estimate of drug-likeness (QED) is 0.150. The average Bonchev–Trinajstić information content (AvgIpc) is 3.07. The highest BCUT2D eigenvalue weighted by Gasteiger charge is 2.32. The molecule has 236 valence electrons. The second kappa shape index (κ2) is 13.8. The van der Waals surface area contributed by atoms with Gasteiger partial charge in [0.05, 0.1) is 39.4 Å². The molecule has 1 heterocycles. The van der Waals surface area contributed by atoms with Gasteiger partial charge in [0, 0.05) is 17.2 Å². The average molecular weight is 627 g/mol. The summed E-state index contributed by atoms with van der Waals surface area (Å²) in [7, 11) is 4.35. The first-order valence-electron chi connectivity index (χ1n) is 14.2.